The Balaban J connectivity index is 1.91. The van der Waals surface area contributed by atoms with Gasteiger partial charge in [0.15, 0.2) is 0 Å². The number of nitrogens with zero attached hydrogens (tertiary/aromatic N) is 2. The van der Waals surface area contributed by atoms with E-state index in [9.17, 15) is 0 Å². The highest BCUT2D eigenvalue weighted by Gasteiger charge is 2.13. The summed E-state index contributed by atoms with van der Waals surface area (Å²) in [4.78, 5) is 1.58. The second-order valence-corrected chi connectivity index (χ2v) is 4.64. The van der Waals surface area contributed by atoms with E-state index in [0.717, 1.165) is 36.8 Å². The van der Waals surface area contributed by atoms with E-state index in [0.29, 0.717) is 0 Å². The summed E-state index contributed by atoms with van der Waals surface area (Å²) >= 11 is 5.82. The highest BCUT2D eigenvalue weighted by molar-refractivity contribution is 6.30. The van der Waals surface area contributed by atoms with Gasteiger partial charge in [0.25, 0.3) is 0 Å². The van der Waals surface area contributed by atoms with E-state index in [4.69, 9.17) is 11.6 Å². The van der Waals surface area contributed by atoms with Crippen LogP contribution in [0.3, 0.4) is 0 Å². The molecule has 0 bridgehead atoms. The number of benzene rings is 1. The van der Waals surface area contributed by atoms with Crippen molar-refractivity contribution >= 4 is 17.8 Å². The summed E-state index contributed by atoms with van der Waals surface area (Å²) in [6, 6.07) is 7.73. The number of nitrogens with one attached hydrogen (secondary N) is 1. The fourth-order valence-electron chi connectivity index (χ4n) is 1.69. The molecule has 0 unspecified atom stereocenters. The number of quaternary nitrogens is 1. The molecule has 1 saturated heterocycles. The van der Waals surface area contributed by atoms with Crippen molar-refractivity contribution in [1.29, 1.82) is 0 Å². The van der Waals surface area contributed by atoms with E-state index in [-0.39, 0.29) is 0 Å². The Morgan fingerprint density at radius 3 is 2.50 bits per heavy atom. The summed E-state index contributed by atoms with van der Waals surface area (Å²) < 4.78 is 0. The lowest BCUT2D eigenvalue weighted by molar-refractivity contribution is -0.884. The van der Waals surface area contributed by atoms with Crippen LogP contribution >= 0.6 is 11.6 Å². The Morgan fingerprint density at radius 1 is 1.25 bits per heavy atom. The first-order valence-electron chi connectivity index (χ1n) is 5.60. The number of hydrogen-bond acceptors (Lipinski definition) is 2. The first kappa shape index (κ1) is 11.4. The predicted molar refractivity (Wildman–Crippen MR) is 67.2 cm³/mol. The molecule has 1 heterocycles. The maximum atomic E-state index is 5.82. The maximum Gasteiger partial charge on any atom is 0.0964 e. The van der Waals surface area contributed by atoms with Gasteiger partial charge in [-0.1, -0.05) is 23.7 Å². The summed E-state index contributed by atoms with van der Waals surface area (Å²) in [5.74, 6) is 0. The van der Waals surface area contributed by atoms with Gasteiger partial charge in [-0.05, 0) is 17.7 Å². The van der Waals surface area contributed by atoms with Gasteiger partial charge in [0.05, 0.1) is 39.4 Å². The Bertz CT molecular complexity index is 353. The molecule has 0 saturated carbocycles. The summed E-state index contributed by atoms with van der Waals surface area (Å²) in [5.41, 5.74) is 1.09. The quantitative estimate of drug-likeness (QED) is 0.745. The molecule has 16 heavy (non-hydrogen) atoms. The second-order valence-electron chi connectivity index (χ2n) is 4.21. The van der Waals surface area contributed by atoms with Crippen molar-refractivity contribution in [2.75, 3.05) is 33.2 Å². The summed E-state index contributed by atoms with van der Waals surface area (Å²) in [6.07, 6.45) is 1.90. The van der Waals surface area contributed by atoms with Crippen molar-refractivity contribution in [3.63, 3.8) is 0 Å². The van der Waals surface area contributed by atoms with Gasteiger partial charge in [-0.3, -0.25) is 5.01 Å². The maximum absolute atomic E-state index is 5.82. The topological polar surface area (TPSA) is 20.0 Å². The van der Waals surface area contributed by atoms with Crippen LogP contribution in [-0.2, 0) is 0 Å². The van der Waals surface area contributed by atoms with Crippen molar-refractivity contribution in [3.8, 4) is 0 Å². The molecule has 86 valence electrons. The zero-order chi connectivity index (χ0) is 11.4. The SMILES string of the molecule is C[NH+]1CCN(/N=C\c2ccc(Cl)cc2)CC1. The Morgan fingerprint density at radius 2 is 1.88 bits per heavy atom. The van der Waals surface area contributed by atoms with Gasteiger partial charge >= 0.3 is 0 Å². The van der Waals surface area contributed by atoms with Gasteiger partial charge in [0.1, 0.15) is 0 Å². The molecular formula is C12H17ClN3+. The van der Waals surface area contributed by atoms with E-state index in [1.54, 1.807) is 4.90 Å². The molecule has 3 nitrogen and oxygen atoms in total. The zero-order valence-electron chi connectivity index (χ0n) is 9.49. The molecule has 2 rings (SSSR count). The monoisotopic (exact) mass is 238 g/mol. The molecule has 0 aliphatic carbocycles. The molecule has 0 spiro atoms. The molecular weight excluding hydrogens is 222 g/mol. The van der Waals surface area contributed by atoms with Crippen molar-refractivity contribution in [2.45, 2.75) is 0 Å². The Hall–Kier alpha value is -1.06. The molecule has 4 heteroatoms. The van der Waals surface area contributed by atoms with Crippen LogP contribution in [0.5, 0.6) is 0 Å². The van der Waals surface area contributed by atoms with E-state index < -0.39 is 0 Å². The van der Waals surface area contributed by atoms with Gasteiger partial charge in [0, 0.05) is 5.02 Å². The molecule has 0 atom stereocenters. The van der Waals surface area contributed by atoms with Crippen LogP contribution in [0.15, 0.2) is 29.4 Å². The lowest BCUT2D eigenvalue weighted by atomic mass is 10.2. The van der Waals surface area contributed by atoms with Gasteiger partial charge in [0.2, 0.25) is 0 Å². The molecule has 1 N–H and O–H groups in total. The molecule has 0 aromatic heterocycles. The van der Waals surface area contributed by atoms with E-state index in [1.165, 1.54) is 0 Å². The minimum atomic E-state index is 0.764. The van der Waals surface area contributed by atoms with Crippen LogP contribution in [0.25, 0.3) is 0 Å². The molecule has 1 aliphatic heterocycles. The molecule has 1 aromatic rings. The molecule has 0 amide bonds. The van der Waals surface area contributed by atoms with E-state index in [2.05, 4.69) is 17.2 Å². The third kappa shape index (κ3) is 3.22. The minimum Gasteiger partial charge on any atom is -0.334 e. The van der Waals surface area contributed by atoms with Crippen LogP contribution in [0.1, 0.15) is 5.56 Å². The second kappa shape index (κ2) is 5.32. The van der Waals surface area contributed by atoms with Crippen LogP contribution in [0.2, 0.25) is 5.02 Å². The number of piperazine rings is 1. The fourth-order valence-corrected chi connectivity index (χ4v) is 1.82. The summed E-state index contributed by atoms with van der Waals surface area (Å²) in [7, 11) is 2.22. The molecule has 0 radical (unpaired) electrons. The first-order valence-corrected chi connectivity index (χ1v) is 5.97. The largest absolute Gasteiger partial charge is 0.334 e. The van der Waals surface area contributed by atoms with Crippen molar-refractivity contribution in [3.05, 3.63) is 34.9 Å². The lowest BCUT2D eigenvalue weighted by Gasteiger charge is -2.27. The molecule has 1 aliphatic rings. The Labute approximate surface area is 101 Å². The van der Waals surface area contributed by atoms with E-state index >= 15 is 0 Å². The highest BCUT2D eigenvalue weighted by Crippen LogP contribution is 2.08. The number of halogens is 1. The Kier molecular flexibility index (Phi) is 3.80. The minimum absolute atomic E-state index is 0.764. The van der Waals surface area contributed by atoms with Crippen molar-refractivity contribution < 1.29 is 4.90 Å². The van der Waals surface area contributed by atoms with Crippen molar-refractivity contribution in [1.82, 2.24) is 5.01 Å². The van der Waals surface area contributed by atoms with Gasteiger partial charge < -0.3 is 4.90 Å². The van der Waals surface area contributed by atoms with Gasteiger partial charge in [-0.15, -0.1) is 0 Å². The predicted octanol–water partition coefficient (Wildman–Crippen LogP) is 0.504. The summed E-state index contributed by atoms with van der Waals surface area (Å²) in [5, 5.41) is 7.36. The third-order valence-corrected chi connectivity index (χ3v) is 3.09. The van der Waals surface area contributed by atoms with E-state index in [1.807, 2.05) is 30.5 Å². The first-order chi connectivity index (χ1) is 7.74. The normalized spacial score (nSPS) is 18.2. The average molecular weight is 239 g/mol. The van der Waals surface area contributed by atoms with Gasteiger partial charge in [-0.25, -0.2) is 0 Å². The van der Waals surface area contributed by atoms with Gasteiger partial charge in [-0.2, -0.15) is 5.10 Å². The molecule has 1 fully saturated rings. The average Bonchev–Trinajstić information content (AvgIpc) is 2.30. The van der Waals surface area contributed by atoms with Crippen LogP contribution in [-0.4, -0.2) is 44.5 Å². The summed E-state index contributed by atoms with van der Waals surface area (Å²) in [6.45, 7) is 4.40. The van der Waals surface area contributed by atoms with Crippen LogP contribution < -0.4 is 4.90 Å². The fraction of sp³-hybridized carbons (Fsp3) is 0.417. The highest BCUT2D eigenvalue weighted by atomic mass is 35.5. The number of hydrazone groups is 1. The van der Waals surface area contributed by atoms with Crippen molar-refractivity contribution in [2.24, 2.45) is 5.10 Å². The van der Waals surface area contributed by atoms with Crippen LogP contribution in [0, 0.1) is 0 Å². The number of likely N-dealkylation sites (N-methyl/N-ethyl adjacent to an activating group) is 1. The zero-order valence-corrected chi connectivity index (χ0v) is 10.2. The standard InChI is InChI=1S/C12H16ClN3/c1-15-6-8-16(9-7-15)14-10-11-2-4-12(13)5-3-11/h2-5,10H,6-9H2,1H3/p+1/b14-10-. The number of hydrogen-bond donors (Lipinski definition) is 1. The smallest absolute Gasteiger partial charge is 0.0964 e. The lowest BCUT2D eigenvalue weighted by Crippen LogP contribution is -3.11. The number of rotatable bonds is 2. The molecule has 1 aromatic carbocycles. The third-order valence-electron chi connectivity index (χ3n) is 2.83. The van der Waals surface area contributed by atoms with Crippen LogP contribution in [0.4, 0.5) is 0 Å².